The summed E-state index contributed by atoms with van der Waals surface area (Å²) in [5, 5.41) is 3.65. The van der Waals surface area contributed by atoms with Crippen LogP contribution in [0.1, 0.15) is 0 Å². The molecule has 7 rings (SSSR count). The fraction of sp³-hybridized carbons (Fsp3) is 0. The van der Waals surface area contributed by atoms with Crippen LogP contribution in [0.3, 0.4) is 0 Å². The molecule has 0 atom stereocenters. The van der Waals surface area contributed by atoms with Gasteiger partial charge in [-0.25, -0.2) is 4.98 Å². The van der Waals surface area contributed by atoms with Gasteiger partial charge < -0.3 is 8.96 Å². The summed E-state index contributed by atoms with van der Waals surface area (Å²) in [4.78, 5) is 7.61. The molecule has 0 spiro atoms. The Morgan fingerprint density at radius 1 is 0.741 bits per heavy atom. The predicted molar refractivity (Wildman–Crippen MR) is 113 cm³/mol. The lowest BCUT2D eigenvalue weighted by atomic mass is 9.66. The van der Waals surface area contributed by atoms with Crippen molar-refractivity contribution in [3.63, 3.8) is 0 Å². The van der Waals surface area contributed by atoms with Gasteiger partial charge >= 0.3 is 6.98 Å². The average Bonchev–Trinajstić information content (AvgIpc) is 3.25. The lowest BCUT2D eigenvalue weighted by Crippen LogP contribution is -2.51. The zero-order valence-electron chi connectivity index (χ0n) is 14.2. The SMILES string of the molecule is c1cc2c3c(c1)Sc1nc4ccccc4n1B3n1c(cc3ccccc31)S2. The van der Waals surface area contributed by atoms with Crippen LogP contribution in [0.2, 0.25) is 0 Å². The van der Waals surface area contributed by atoms with Gasteiger partial charge in [-0.3, -0.25) is 0 Å². The molecule has 2 aliphatic rings. The number of fused-ring (bicyclic) bond motifs is 8. The van der Waals surface area contributed by atoms with Crippen LogP contribution in [0.5, 0.6) is 0 Å². The van der Waals surface area contributed by atoms with Gasteiger partial charge in [-0.05, 0) is 47.2 Å². The minimum Gasteiger partial charge on any atom is -0.355 e. The second-order valence-electron chi connectivity index (χ2n) is 6.91. The van der Waals surface area contributed by atoms with Crippen LogP contribution in [-0.2, 0) is 0 Å². The van der Waals surface area contributed by atoms with Crippen LogP contribution in [0.15, 0.2) is 92.8 Å². The Labute approximate surface area is 164 Å². The van der Waals surface area contributed by atoms with Gasteiger partial charge in [0, 0.05) is 15.3 Å². The van der Waals surface area contributed by atoms with Crippen LogP contribution in [0.25, 0.3) is 21.9 Å². The average molecular weight is 381 g/mol. The zero-order valence-corrected chi connectivity index (χ0v) is 15.8. The van der Waals surface area contributed by atoms with Crippen molar-refractivity contribution < 1.29 is 0 Å². The molecule has 0 aliphatic carbocycles. The Bertz CT molecular complexity index is 1300. The summed E-state index contributed by atoms with van der Waals surface area (Å²) in [5.74, 6) is 0. The monoisotopic (exact) mass is 381 g/mol. The van der Waals surface area contributed by atoms with Crippen molar-refractivity contribution in [2.75, 3.05) is 0 Å². The van der Waals surface area contributed by atoms with Crippen LogP contribution >= 0.6 is 23.5 Å². The molecule has 2 aromatic heterocycles. The van der Waals surface area contributed by atoms with Crippen molar-refractivity contribution in [1.82, 2.24) is 13.9 Å². The summed E-state index contributed by atoms with van der Waals surface area (Å²) in [5.41, 5.74) is 4.93. The van der Waals surface area contributed by atoms with Gasteiger partial charge in [0.2, 0.25) is 0 Å². The van der Waals surface area contributed by atoms with E-state index in [1.54, 1.807) is 11.8 Å². The number of aromatic nitrogens is 3. The van der Waals surface area contributed by atoms with Crippen molar-refractivity contribution in [2.24, 2.45) is 0 Å². The highest BCUT2D eigenvalue weighted by Crippen LogP contribution is 2.43. The van der Waals surface area contributed by atoms with E-state index in [2.05, 4.69) is 81.8 Å². The first-order valence-electron chi connectivity index (χ1n) is 8.94. The van der Waals surface area contributed by atoms with Gasteiger partial charge in [-0.15, -0.1) is 0 Å². The van der Waals surface area contributed by atoms with Gasteiger partial charge in [0.25, 0.3) is 0 Å². The molecule has 126 valence electrons. The Balaban J connectivity index is 1.66. The third kappa shape index (κ3) is 1.80. The number of rotatable bonds is 0. The molecule has 0 fully saturated rings. The standard InChI is InChI=1S/C21H12BN3S2/c1-3-8-15-13(6-1)12-19-24(15)22-20-17(26-19)10-5-11-18(20)27-21-23-14-7-2-4-9-16(14)25(21)22/h1-12H. The van der Waals surface area contributed by atoms with Crippen LogP contribution in [0.4, 0.5) is 0 Å². The molecule has 3 nitrogen and oxygen atoms in total. The highest BCUT2D eigenvalue weighted by atomic mass is 32.2. The number of nitrogens with zero attached hydrogens (tertiary/aromatic N) is 3. The molecule has 6 heteroatoms. The van der Waals surface area contributed by atoms with Crippen molar-refractivity contribution in [3.05, 3.63) is 72.8 Å². The minimum atomic E-state index is 0.107. The first kappa shape index (κ1) is 14.5. The van der Waals surface area contributed by atoms with Gasteiger partial charge in [0.05, 0.1) is 16.1 Å². The maximum Gasteiger partial charge on any atom is 0.425 e. The molecule has 27 heavy (non-hydrogen) atoms. The van der Waals surface area contributed by atoms with E-state index in [9.17, 15) is 0 Å². The molecule has 0 saturated heterocycles. The van der Waals surface area contributed by atoms with Crippen LogP contribution in [0, 0.1) is 0 Å². The van der Waals surface area contributed by atoms with E-state index in [0.717, 1.165) is 10.7 Å². The Hall–Kier alpha value is -2.57. The van der Waals surface area contributed by atoms with E-state index in [1.807, 2.05) is 11.8 Å². The number of para-hydroxylation sites is 3. The topological polar surface area (TPSA) is 22.8 Å². The molecule has 0 saturated carbocycles. The molecule has 0 radical (unpaired) electrons. The maximum atomic E-state index is 4.95. The molecule has 5 aromatic rings. The molecule has 4 heterocycles. The first-order valence-corrected chi connectivity index (χ1v) is 10.6. The second-order valence-corrected chi connectivity index (χ2v) is 8.98. The molecule has 3 aromatic carbocycles. The van der Waals surface area contributed by atoms with E-state index in [4.69, 9.17) is 4.98 Å². The molecule has 0 amide bonds. The van der Waals surface area contributed by atoms with Gasteiger partial charge in [0.15, 0.2) is 5.16 Å². The Morgan fingerprint density at radius 2 is 1.52 bits per heavy atom. The third-order valence-electron chi connectivity index (χ3n) is 5.47. The maximum absolute atomic E-state index is 4.95. The van der Waals surface area contributed by atoms with E-state index in [-0.39, 0.29) is 6.98 Å². The smallest absolute Gasteiger partial charge is 0.355 e. The quantitative estimate of drug-likeness (QED) is 0.355. The van der Waals surface area contributed by atoms with E-state index >= 15 is 0 Å². The van der Waals surface area contributed by atoms with E-state index in [1.165, 1.54) is 36.7 Å². The fourth-order valence-electron chi connectivity index (χ4n) is 4.35. The molecular formula is C21H12BN3S2. The highest BCUT2D eigenvalue weighted by molar-refractivity contribution is 8.00. The normalized spacial score (nSPS) is 14.3. The molecule has 2 aliphatic heterocycles. The highest BCUT2D eigenvalue weighted by Gasteiger charge is 2.41. The fourth-order valence-corrected chi connectivity index (χ4v) is 6.71. The summed E-state index contributed by atoms with van der Waals surface area (Å²) < 4.78 is 4.91. The number of imidazole rings is 1. The minimum absolute atomic E-state index is 0.107. The summed E-state index contributed by atoms with van der Waals surface area (Å²) in [6.45, 7) is 0.107. The number of hydrogen-bond donors (Lipinski definition) is 0. The number of hydrogen-bond acceptors (Lipinski definition) is 3. The predicted octanol–water partition coefficient (Wildman–Crippen LogP) is 4.71. The molecule has 0 N–H and O–H groups in total. The van der Waals surface area contributed by atoms with Crippen molar-refractivity contribution in [3.8, 4) is 0 Å². The van der Waals surface area contributed by atoms with Gasteiger partial charge in [-0.2, -0.15) is 0 Å². The summed E-state index contributed by atoms with van der Waals surface area (Å²) >= 11 is 3.66. The van der Waals surface area contributed by atoms with Gasteiger partial charge in [-0.1, -0.05) is 59.9 Å². The van der Waals surface area contributed by atoms with Crippen molar-refractivity contribution >= 4 is 57.9 Å². The third-order valence-corrected chi connectivity index (χ3v) is 7.61. The lowest BCUT2D eigenvalue weighted by molar-refractivity contribution is 0.914. The summed E-state index contributed by atoms with van der Waals surface area (Å²) in [6, 6.07) is 26.1. The zero-order chi connectivity index (χ0) is 17.5. The molecule has 0 bridgehead atoms. The first-order chi connectivity index (χ1) is 13.4. The lowest BCUT2D eigenvalue weighted by Gasteiger charge is -2.32. The van der Waals surface area contributed by atoms with Crippen molar-refractivity contribution in [1.29, 1.82) is 0 Å². The molecule has 0 unspecified atom stereocenters. The molecular weight excluding hydrogens is 369 g/mol. The van der Waals surface area contributed by atoms with Crippen molar-refractivity contribution in [2.45, 2.75) is 20.0 Å². The number of benzene rings is 3. The van der Waals surface area contributed by atoms with Gasteiger partial charge in [0.1, 0.15) is 0 Å². The summed E-state index contributed by atoms with van der Waals surface area (Å²) in [7, 11) is 0. The Kier molecular flexibility index (Phi) is 2.70. The van der Waals surface area contributed by atoms with E-state index in [0.29, 0.717) is 0 Å². The largest absolute Gasteiger partial charge is 0.425 e. The van der Waals surface area contributed by atoms with E-state index < -0.39 is 0 Å². The summed E-state index contributed by atoms with van der Waals surface area (Å²) in [6.07, 6.45) is 0. The second kappa shape index (κ2) is 5.03. The van der Waals surface area contributed by atoms with Crippen LogP contribution < -0.4 is 5.46 Å². The van der Waals surface area contributed by atoms with Crippen LogP contribution in [-0.4, -0.2) is 20.9 Å². The Morgan fingerprint density at radius 3 is 2.44 bits per heavy atom.